The highest BCUT2D eigenvalue weighted by Crippen LogP contribution is 2.41. The second kappa shape index (κ2) is 6.89. The third-order valence-corrected chi connectivity index (χ3v) is 5.86. The quantitative estimate of drug-likeness (QED) is 0.810. The van der Waals surface area contributed by atoms with Crippen LogP contribution in [0.1, 0.15) is 32.1 Å². The molecule has 5 nitrogen and oxygen atoms in total. The van der Waals surface area contributed by atoms with E-state index in [-0.39, 0.29) is 18.4 Å². The number of likely N-dealkylation sites (tertiary alicyclic amines) is 2. The number of nitrogens with zero attached hydrogens (tertiary/aromatic N) is 2. The number of benzene rings is 1. The van der Waals surface area contributed by atoms with Crippen molar-refractivity contribution in [2.24, 2.45) is 11.3 Å². The van der Waals surface area contributed by atoms with Gasteiger partial charge in [-0.15, -0.1) is 0 Å². The smallest absolute Gasteiger partial charge is 0.260 e. The normalized spacial score (nSPS) is 25.8. The number of carbonyl (C=O) groups excluding carboxylic acids is 2. The zero-order valence-electron chi connectivity index (χ0n) is 15.0. The van der Waals surface area contributed by atoms with Crippen molar-refractivity contribution in [2.75, 3.05) is 32.8 Å². The third kappa shape index (κ3) is 3.55. The highest BCUT2D eigenvalue weighted by Gasteiger charge is 2.49. The van der Waals surface area contributed by atoms with Gasteiger partial charge >= 0.3 is 0 Å². The monoisotopic (exact) mass is 360 g/mol. The van der Waals surface area contributed by atoms with Gasteiger partial charge in [-0.2, -0.15) is 0 Å². The minimum atomic E-state index is -0.401. The standard InChI is InChI=1S/C20H25FN2O3/c21-16-3-1-4-17(11-16)26-13-18(24)23-10-8-20(14-23)7-2-9-22(19(20)25)12-15-5-6-15/h1,3-4,11,15H,2,5-10,12-14H2. The molecule has 2 aliphatic heterocycles. The Bertz CT molecular complexity index is 706. The number of rotatable bonds is 5. The molecule has 3 fully saturated rings. The van der Waals surface area contributed by atoms with Gasteiger partial charge in [0, 0.05) is 32.2 Å². The molecule has 1 unspecified atom stereocenters. The molecule has 1 aromatic rings. The molecular weight excluding hydrogens is 335 g/mol. The molecule has 1 aliphatic carbocycles. The first kappa shape index (κ1) is 17.3. The molecule has 0 aromatic heterocycles. The van der Waals surface area contributed by atoms with Gasteiger partial charge in [0.05, 0.1) is 5.41 Å². The van der Waals surface area contributed by atoms with Crippen LogP contribution in [0.2, 0.25) is 0 Å². The fourth-order valence-electron chi connectivity index (χ4n) is 4.20. The number of hydrogen-bond acceptors (Lipinski definition) is 3. The summed E-state index contributed by atoms with van der Waals surface area (Å²) >= 11 is 0. The van der Waals surface area contributed by atoms with Crippen LogP contribution in [0.15, 0.2) is 24.3 Å². The lowest BCUT2D eigenvalue weighted by molar-refractivity contribution is -0.146. The molecule has 3 aliphatic rings. The minimum Gasteiger partial charge on any atom is -0.484 e. The van der Waals surface area contributed by atoms with Crippen molar-refractivity contribution in [1.29, 1.82) is 0 Å². The number of hydrogen-bond donors (Lipinski definition) is 0. The SMILES string of the molecule is O=C(COc1cccc(F)c1)N1CCC2(CCCN(CC3CC3)C2=O)C1. The van der Waals surface area contributed by atoms with Crippen molar-refractivity contribution in [3.8, 4) is 5.75 Å². The van der Waals surface area contributed by atoms with Gasteiger partial charge in [0.1, 0.15) is 11.6 Å². The molecule has 2 saturated heterocycles. The van der Waals surface area contributed by atoms with E-state index >= 15 is 0 Å². The summed E-state index contributed by atoms with van der Waals surface area (Å²) in [5, 5.41) is 0. The lowest BCUT2D eigenvalue weighted by atomic mass is 9.78. The molecule has 26 heavy (non-hydrogen) atoms. The number of piperidine rings is 1. The molecule has 0 radical (unpaired) electrons. The molecule has 1 saturated carbocycles. The molecule has 0 N–H and O–H groups in total. The van der Waals surface area contributed by atoms with Crippen LogP contribution in [-0.2, 0) is 9.59 Å². The number of carbonyl (C=O) groups is 2. The minimum absolute atomic E-state index is 0.125. The molecule has 6 heteroatoms. The highest BCUT2D eigenvalue weighted by molar-refractivity contribution is 5.86. The van der Waals surface area contributed by atoms with E-state index in [2.05, 4.69) is 0 Å². The van der Waals surface area contributed by atoms with Crippen molar-refractivity contribution in [1.82, 2.24) is 9.80 Å². The van der Waals surface area contributed by atoms with Crippen molar-refractivity contribution in [3.05, 3.63) is 30.1 Å². The maximum atomic E-state index is 13.2. The van der Waals surface area contributed by atoms with Gasteiger partial charge < -0.3 is 14.5 Å². The van der Waals surface area contributed by atoms with Crippen LogP contribution in [0.3, 0.4) is 0 Å². The maximum absolute atomic E-state index is 13.2. The van der Waals surface area contributed by atoms with Crippen LogP contribution in [0.4, 0.5) is 4.39 Å². The number of amides is 2. The second-order valence-corrected chi connectivity index (χ2v) is 7.89. The first-order valence-corrected chi connectivity index (χ1v) is 9.51. The van der Waals surface area contributed by atoms with Crippen LogP contribution in [-0.4, -0.2) is 54.4 Å². The molecule has 4 rings (SSSR count). The molecule has 140 valence electrons. The van der Waals surface area contributed by atoms with Crippen LogP contribution in [0, 0.1) is 17.2 Å². The van der Waals surface area contributed by atoms with Crippen LogP contribution in [0.25, 0.3) is 0 Å². The van der Waals surface area contributed by atoms with Crippen molar-refractivity contribution >= 4 is 11.8 Å². The van der Waals surface area contributed by atoms with E-state index in [0.29, 0.717) is 24.8 Å². The third-order valence-electron chi connectivity index (χ3n) is 5.86. The van der Waals surface area contributed by atoms with E-state index in [1.54, 1.807) is 17.0 Å². The van der Waals surface area contributed by atoms with Gasteiger partial charge in [-0.1, -0.05) is 6.07 Å². The summed E-state index contributed by atoms with van der Waals surface area (Å²) in [4.78, 5) is 29.3. The summed E-state index contributed by atoms with van der Waals surface area (Å²) in [6.45, 7) is 2.69. The van der Waals surface area contributed by atoms with Gasteiger partial charge in [0.25, 0.3) is 5.91 Å². The average molecular weight is 360 g/mol. The van der Waals surface area contributed by atoms with Crippen molar-refractivity contribution in [3.63, 3.8) is 0 Å². The largest absolute Gasteiger partial charge is 0.484 e. The summed E-state index contributed by atoms with van der Waals surface area (Å²) in [6, 6.07) is 5.78. The fourth-order valence-corrected chi connectivity index (χ4v) is 4.20. The van der Waals surface area contributed by atoms with E-state index in [9.17, 15) is 14.0 Å². The molecule has 1 spiro atoms. The Hall–Kier alpha value is -2.11. The molecule has 1 aromatic carbocycles. The van der Waals surface area contributed by atoms with Gasteiger partial charge in [-0.25, -0.2) is 4.39 Å². The Kier molecular flexibility index (Phi) is 4.59. The highest BCUT2D eigenvalue weighted by atomic mass is 19.1. The zero-order chi connectivity index (χ0) is 18.1. The Morgan fingerprint density at radius 1 is 1.27 bits per heavy atom. The van der Waals surface area contributed by atoms with Gasteiger partial charge in [0.2, 0.25) is 5.91 Å². The van der Waals surface area contributed by atoms with Gasteiger partial charge in [0.15, 0.2) is 6.61 Å². The first-order valence-electron chi connectivity index (χ1n) is 9.51. The predicted octanol–water partition coefficient (Wildman–Crippen LogP) is 2.46. The first-order chi connectivity index (χ1) is 12.6. The van der Waals surface area contributed by atoms with Crippen LogP contribution in [0.5, 0.6) is 5.75 Å². The Balaban J connectivity index is 1.34. The Labute approximate surface area is 153 Å². The van der Waals surface area contributed by atoms with Crippen molar-refractivity contribution in [2.45, 2.75) is 32.1 Å². The van der Waals surface area contributed by atoms with Crippen molar-refractivity contribution < 1.29 is 18.7 Å². The Morgan fingerprint density at radius 3 is 2.88 bits per heavy atom. The molecule has 2 heterocycles. The lowest BCUT2D eigenvalue weighted by Crippen LogP contribution is -2.51. The van der Waals surface area contributed by atoms with Crippen LogP contribution < -0.4 is 4.74 Å². The van der Waals surface area contributed by atoms with E-state index in [1.165, 1.54) is 25.0 Å². The fraction of sp³-hybridized carbons (Fsp3) is 0.600. The maximum Gasteiger partial charge on any atom is 0.260 e. The van der Waals surface area contributed by atoms with E-state index in [0.717, 1.165) is 32.4 Å². The van der Waals surface area contributed by atoms with E-state index < -0.39 is 11.2 Å². The second-order valence-electron chi connectivity index (χ2n) is 7.89. The molecule has 1 atom stereocenters. The van der Waals surface area contributed by atoms with Gasteiger partial charge in [-0.05, 0) is 50.2 Å². The van der Waals surface area contributed by atoms with Gasteiger partial charge in [-0.3, -0.25) is 9.59 Å². The van der Waals surface area contributed by atoms with E-state index in [4.69, 9.17) is 4.74 Å². The average Bonchev–Trinajstić information content (AvgIpc) is 3.35. The van der Waals surface area contributed by atoms with E-state index in [1.807, 2.05) is 4.90 Å². The Morgan fingerprint density at radius 2 is 2.12 bits per heavy atom. The molecule has 2 amide bonds. The summed E-state index contributed by atoms with van der Waals surface area (Å²) in [5.74, 6) is 0.735. The number of ether oxygens (including phenoxy) is 1. The lowest BCUT2D eigenvalue weighted by Gasteiger charge is -2.39. The predicted molar refractivity (Wildman–Crippen MR) is 94.1 cm³/mol. The van der Waals surface area contributed by atoms with Crippen LogP contribution >= 0.6 is 0 Å². The molecular formula is C20H25FN2O3. The zero-order valence-corrected chi connectivity index (χ0v) is 15.0. The summed E-state index contributed by atoms with van der Waals surface area (Å²) < 4.78 is 18.6. The summed E-state index contributed by atoms with van der Waals surface area (Å²) in [7, 11) is 0. The number of halogens is 1. The summed E-state index contributed by atoms with van der Waals surface area (Å²) in [6.07, 6.45) is 5.08. The topological polar surface area (TPSA) is 49.9 Å². The summed E-state index contributed by atoms with van der Waals surface area (Å²) in [5.41, 5.74) is -0.401. The molecule has 0 bridgehead atoms.